The van der Waals surface area contributed by atoms with E-state index < -0.39 is 17.5 Å². The fourth-order valence-electron chi connectivity index (χ4n) is 2.09. The lowest BCUT2D eigenvalue weighted by atomic mass is 10.2. The van der Waals surface area contributed by atoms with Crippen LogP contribution in [0.25, 0.3) is 10.2 Å². The van der Waals surface area contributed by atoms with E-state index in [-0.39, 0.29) is 26.4 Å². The number of fused-ring (bicyclic) bond motifs is 1. The number of nitrogens with zero attached hydrogens (tertiary/aromatic N) is 2. The van der Waals surface area contributed by atoms with E-state index in [0.29, 0.717) is 20.7 Å². The fourth-order valence-corrected chi connectivity index (χ4v) is 3.12. The second-order valence-electron chi connectivity index (χ2n) is 4.85. The van der Waals surface area contributed by atoms with Crippen molar-refractivity contribution in [2.45, 2.75) is 20.4 Å². The van der Waals surface area contributed by atoms with E-state index in [0.717, 1.165) is 15.9 Å². The second-order valence-corrected chi connectivity index (χ2v) is 5.85. The average molecular weight is 354 g/mol. The van der Waals surface area contributed by atoms with Gasteiger partial charge in [-0.3, -0.25) is 14.2 Å². The highest BCUT2D eigenvalue weighted by Gasteiger charge is 2.20. The van der Waals surface area contributed by atoms with Crippen LogP contribution in [-0.2, 0) is 25.5 Å². The summed E-state index contributed by atoms with van der Waals surface area (Å²) in [4.78, 5) is 41.1. The van der Waals surface area contributed by atoms with E-state index >= 15 is 0 Å². The summed E-state index contributed by atoms with van der Waals surface area (Å²) in [6.07, 6.45) is 1.27. The molecule has 0 radical (unpaired) electrons. The maximum Gasteiger partial charge on any atom is 0.348 e. The predicted molar refractivity (Wildman–Crippen MR) is 87.4 cm³/mol. The Balaban J connectivity index is 2.30. The minimum atomic E-state index is -0.561. The normalized spacial score (nSPS) is 10.8. The molecule has 0 bridgehead atoms. The van der Waals surface area contributed by atoms with E-state index in [4.69, 9.17) is 14.2 Å². The summed E-state index contributed by atoms with van der Waals surface area (Å²) in [5.74, 6) is -1.04. The van der Waals surface area contributed by atoms with E-state index in [1.54, 1.807) is 13.8 Å². The molecule has 2 aromatic heterocycles. The fraction of sp³-hybridized carbons (Fsp3) is 0.467. The Morgan fingerprint density at radius 1 is 1.29 bits per heavy atom. The zero-order valence-electron chi connectivity index (χ0n) is 13.7. The van der Waals surface area contributed by atoms with Crippen LogP contribution in [0.5, 0.6) is 0 Å². The molecular weight excluding hydrogens is 336 g/mol. The van der Waals surface area contributed by atoms with Crippen molar-refractivity contribution in [1.82, 2.24) is 9.55 Å². The highest BCUT2D eigenvalue weighted by atomic mass is 32.1. The maximum atomic E-state index is 12.6. The molecule has 2 heterocycles. The molecule has 0 unspecified atom stereocenters. The monoisotopic (exact) mass is 354 g/mol. The van der Waals surface area contributed by atoms with Crippen molar-refractivity contribution >= 4 is 33.5 Å². The van der Waals surface area contributed by atoms with E-state index in [9.17, 15) is 14.4 Å². The van der Waals surface area contributed by atoms with Crippen molar-refractivity contribution in [2.24, 2.45) is 0 Å². The first-order chi connectivity index (χ1) is 11.5. The van der Waals surface area contributed by atoms with Crippen molar-refractivity contribution in [3.05, 3.63) is 27.1 Å². The third-order valence-corrected chi connectivity index (χ3v) is 4.41. The Morgan fingerprint density at radius 2 is 2.04 bits per heavy atom. The van der Waals surface area contributed by atoms with Crippen LogP contribution in [0, 0.1) is 6.92 Å². The Kier molecular flexibility index (Phi) is 6.04. The molecule has 0 aliphatic rings. The molecule has 0 aliphatic carbocycles. The van der Waals surface area contributed by atoms with Crippen LogP contribution < -0.4 is 5.56 Å². The van der Waals surface area contributed by atoms with Crippen molar-refractivity contribution in [3.8, 4) is 0 Å². The van der Waals surface area contributed by atoms with Gasteiger partial charge in [0.2, 0.25) is 0 Å². The van der Waals surface area contributed by atoms with Crippen LogP contribution in [0.4, 0.5) is 0 Å². The van der Waals surface area contributed by atoms with E-state index in [1.807, 2.05) is 0 Å². The van der Waals surface area contributed by atoms with Crippen LogP contribution in [0.3, 0.4) is 0 Å². The molecule has 0 saturated carbocycles. The lowest BCUT2D eigenvalue weighted by Crippen LogP contribution is -2.26. The minimum absolute atomic E-state index is 0.115. The van der Waals surface area contributed by atoms with Gasteiger partial charge in [-0.15, -0.1) is 11.3 Å². The van der Waals surface area contributed by atoms with Crippen molar-refractivity contribution in [1.29, 1.82) is 0 Å². The highest BCUT2D eigenvalue weighted by molar-refractivity contribution is 7.20. The molecule has 0 fully saturated rings. The number of aromatic nitrogens is 2. The third-order valence-electron chi connectivity index (χ3n) is 3.23. The molecule has 0 aromatic carbocycles. The number of aryl methyl sites for hydroxylation is 1. The lowest BCUT2D eigenvalue weighted by molar-refractivity contribution is -0.145. The average Bonchev–Trinajstić information content (AvgIpc) is 2.88. The number of methoxy groups -OCH3 is 1. The van der Waals surface area contributed by atoms with Gasteiger partial charge in [0.1, 0.15) is 22.9 Å². The molecule has 0 amide bonds. The topological polar surface area (TPSA) is 96.7 Å². The van der Waals surface area contributed by atoms with Gasteiger partial charge in [0.05, 0.1) is 24.9 Å². The van der Waals surface area contributed by atoms with Gasteiger partial charge in [0, 0.05) is 7.11 Å². The van der Waals surface area contributed by atoms with Crippen LogP contribution in [0.2, 0.25) is 0 Å². The SMILES string of the molecule is CCOC(=O)c1sc2ncn(CC(=O)OCCOC)c(=O)c2c1C. The summed E-state index contributed by atoms with van der Waals surface area (Å²) in [5.41, 5.74) is 0.112. The third kappa shape index (κ3) is 3.80. The number of rotatable bonds is 7. The summed E-state index contributed by atoms with van der Waals surface area (Å²) in [7, 11) is 1.50. The van der Waals surface area contributed by atoms with Gasteiger partial charge in [0.15, 0.2) is 0 Å². The molecule has 2 rings (SSSR count). The Morgan fingerprint density at radius 3 is 2.71 bits per heavy atom. The maximum absolute atomic E-state index is 12.6. The van der Waals surface area contributed by atoms with Gasteiger partial charge in [-0.25, -0.2) is 9.78 Å². The first-order valence-electron chi connectivity index (χ1n) is 7.29. The number of esters is 2. The molecule has 130 valence electrons. The van der Waals surface area contributed by atoms with Crippen molar-refractivity contribution < 1.29 is 23.8 Å². The predicted octanol–water partition coefficient (Wildman–Crippen LogP) is 1.13. The standard InChI is InChI=1S/C15H18N2O6S/c1-4-22-15(20)12-9(2)11-13(24-12)16-8-17(14(11)19)7-10(18)23-6-5-21-3/h8H,4-7H2,1-3H3. The molecule has 0 N–H and O–H groups in total. The summed E-state index contributed by atoms with van der Waals surface area (Å²) < 4.78 is 15.9. The zero-order valence-corrected chi connectivity index (χ0v) is 14.5. The molecular formula is C15H18N2O6S. The van der Waals surface area contributed by atoms with E-state index in [1.165, 1.54) is 13.4 Å². The highest BCUT2D eigenvalue weighted by Crippen LogP contribution is 2.27. The quantitative estimate of drug-likeness (QED) is 0.543. The molecule has 24 heavy (non-hydrogen) atoms. The number of carbonyl (C=O) groups is 2. The minimum Gasteiger partial charge on any atom is -0.462 e. The summed E-state index contributed by atoms with van der Waals surface area (Å²) >= 11 is 1.10. The van der Waals surface area contributed by atoms with Gasteiger partial charge < -0.3 is 14.2 Å². The Bertz CT molecular complexity index is 810. The zero-order chi connectivity index (χ0) is 17.7. The van der Waals surface area contributed by atoms with Crippen LogP contribution in [0.1, 0.15) is 22.2 Å². The Labute approximate surface area is 142 Å². The molecule has 0 saturated heterocycles. The molecule has 0 spiro atoms. The summed E-state index contributed by atoms with van der Waals surface area (Å²) in [6, 6.07) is 0. The first kappa shape index (κ1) is 18.1. The molecule has 9 heteroatoms. The molecule has 2 aromatic rings. The number of ether oxygens (including phenoxy) is 3. The smallest absolute Gasteiger partial charge is 0.348 e. The van der Waals surface area contributed by atoms with Crippen LogP contribution in [-0.4, -0.2) is 48.4 Å². The lowest BCUT2D eigenvalue weighted by Gasteiger charge is -2.06. The van der Waals surface area contributed by atoms with Gasteiger partial charge in [-0.05, 0) is 19.4 Å². The number of thiophene rings is 1. The molecule has 0 atom stereocenters. The number of carbonyl (C=O) groups excluding carboxylic acids is 2. The van der Waals surface area contributed by atoms with Gasteiger partial charge in [0.25, 0.3) is 5.56 Å². The Hall–Kier alpha value is -2.26. The summed E-state index contributed by atoms with van der Waals surface area (Å²) in [6.45, 7) is 3.76. The molecule has 8 nitrogen and oxygen atoms in total. The molecule has 0 aliphatic heterocycles. The van der Waals surface area contributed by atoms with Crippen molar-refractivity contribution in [3.63, 3.8) is 0 Å². The van der Waals surface area contributed by atoms with Crippen molar-refractivity contribution in [2.75, 3.05) is 26.9 Å². The summed E-state index contributed by atoms with van der Waals surface area (Å²) in [5, 5.41) is 0.315. The van der Waals surface area contributed by atoms with Crippen LogP contribution in [0.15, 0.2) is 11.1 Å². The van der Waals surface area contributed by atoms with Crippen LogP contribution >= 0.6 is 11.3 Å². The second kappa shape index (κ2) is 8.02. The van der Waals surface area contributed by atoms with Gasteiger partial charge in [-0.1, -0.05) is 0 Å². The first-order valence-corrected chi connectivity index (χ1v) is 8.11. The largest absolute Gasteiger partial charge is 0.462 e. The van der Waals surface area contributed by atoms with E-state index in [2.05, 4.69) is 4.98 Å². The number of hydrogen-bond acceptors (Lipinski definition) is 8. The van der Waals surface area contributed by atoms with Gasteiger partial charge in [-0.2, -0.15) is 0 Å². The number of hydrogen-bond donors (Lipinski definition) is 0. The van der Waals surface area contributed by atoms with Gasteiger partial charge >= 0.3 is 11.9 Å².